The van der Waals surface area contributed by atoms with Gasteiger partial charge in [-0.2, -0.15) is 0 Å². The lowest BCUT2D eigenvalue weighted by Gasteiger charge is -2.33. The largest absolute Gasteiger partial charge is 0.381 e. The van der Waals surface area contributed by atoms with Gasteiger partial charge in [-0.15, -0.1) is 0 Å². The Kier molecular flexibility index (Phi) is 5.15. The number of likely N-dealkylation sites (tertiary alicyclic amines) is 1. The van der Waals surface area contributed by atoms with E-state index in [1.807, 2.05) is 4.90 Å². The summed E-state index contributed by atoms with van der Waals surface area (Å²) in [5.74, 6) is 2.57. The van der Waals surface area contributed by atoms with Crippen molar-refractivity contribution < 1.29 is 9.53 Å². The molecule has 6 heteroatoms. The van der Waals surface area contributed by atoms with Gasteiger partial charge in [0.15, 0.2) is 0 Å². The second-order valence-electron chi connectivity index (χ2n) is 7.57. The molecule has 0 N–H and O–H groups in total. The van der Waals surface area contributed by atoms with Crippen LogP contribution in [0.4, 0.5) is 5.82 Å². The van der Waals surface area contributed by atoms with E-state index in [2.05, 4.69) is 20.9 Å². The van der Waals surface area contributed by atoms with Crippen LogP contribution in [0.2, 0.25) is 0 Å². The maximum Gasteiger partial charge on any atom is 0.222 e. The molecule has 0 aliphatic carbocycles. The standard InChI is InChI=1S/C19H28N4O2/c24-19-2-1-7-23(19)10-5-15-3-8-22(9-4-15)18-12-17(20-14-21-18)16-6-11-25-13-16/h12,14-16H,1-11,13H2/t16-/m1/s1. The van der Waals surface area contributed by atoms with Crippen LogP contribution >= 0.6 is 0 Å². The molecule has 3 saturated heterocycles. The number of hydrogen-bond donors (Lipinski definition) is 0. The summed E-state index contributed by atoms with van der Waals surface area (Å²) >= 11 is 0. The molecule has 1 aromatic heterocycles. The molecule has 0 aromatic carbocycles. The molecule has 0 saturated carbocycles. The molecular formula is C19H28N4O2. The Hall–Kier alpha value is -1.69. The van der Waals surface area contributed by atoms with Gasteiger partial charge in [0.25, 0.3) is 0 Å². The Bertz CT molecular complexity index is 595. The zero-order valence-electron chi connectivity index (χ0n) is 14.9. The highest BCUT2D eigenvalue weighted by Crippen LogP contribution is 2.28. The molecule has 0 unspecified atom stereocenters. The first-order chi connectivity index (χ1) is 12.3. The molecule has 4 heterocycles. The van der Waals surface area contributed by atoms with Crippen molar-refractivity contribution in [2.45, 2.75) is 44.4 Å². The van der Waals surface area contributed by atoms with Crippen molar-refractivity contribution >= 4 is 11.7 Å². The maximum atomic E-state index is 11.7. The molecule has 3 aliphatic heterocycles. The van der Waals surface area contributed by atoms with Crippen LogP contribution in [0.5, 0.6) is 0 Å². The molecule has 1 atom stereocenters. The van der Waals surface area contributed by atoms with Crippen molar-refractivity contribution in [3.63, 3.8) is 0 Å². The van der Waals surface area contributed by atoms with Crippen molar-refractivity contribution in [3.05, 3.63) is 18.1 Å². The number of ether oxygens (including phenoxy) is 1. The van der Waals surface area contributed by atoms with Crippen molar-refractivity contribution in [3.8, 4) is 0 Å². The minimum atomic E-state index is 0.349. The highest BCUT2D eigenvalue weighted by atomic mass is 16.5. The molecule has 0 spiro atoms. The van der Waals surface area contributed by atoms with E-state index in [-0.39, 0.29) is 0 Å². The fraction of sp³-hybridized carbons (Fsp3) is 0.737. The molecule has 25 heavy (non-hydrogen) atoms. The van der Waals surface area contributed by atoms with Gasteiger partial charge in [0.05, 0.1) is 12.3 Å². The summed E-state index contributed by atoms with van der Waals surface area (Å²) in [6.07, 6.45) is 8.08. The fourth-order valence-electron chi connectivity index (χ4n) is 4.26. The third-order valence-corrected chi connectivity index (χ3v) is 5.94. The van der Waals surface area contributed by atoms with E-state index in [0.29, 0.717) is 11.8 Å². The average molecular weight is 344 g/mol. The van der Waals surface area contributed by atoms with Crippen LogP contribution in [0, 0.1) is 5.92 Å². The Labute approximate surface area is 149 Å². The van der Waals surface area contributed by atoms with Gasteiger partial charge in [-0.05, 0) is 38.0 Å². The van der Waals surface area contributed by atoms with Crippen LogP contribution in [-0.2, 0) is 9.53 Å². The van der Waals surface area contributed by atoms with Gasteiger partial charge in [-0.25, -0.2) is 9.97 Å². The molecule has 136 valence electrons. The Morgan fingerprint density at radius 3 is 2.76 bits per heavy atom. The number of amides is 1. The summed E-state index contributed by atoms with van der Waals surface area (Å²) in [4.78, 5) is 25.1. The van der Waals surface area contributed by atoms with Gasteiger partial charge in [0.2, 0.25) is 5.91 Å². The smallest absolute Gasteiger partial charge is 0.222 e. The predicted molar refractivity (Wildman–Crippen MR) is 95.6 cm³/mol. The number of hydrogen-bond acceptors (Lipinski definition) is 5. The number of carbonyl (C=O) groups is 1. The molecule has 0 radical (unpaired) electrons. The van der Waals surface area contributed by atoms with Crippen LogP contribution in [0.25, 0.3) is 0 Å². The van der Waals surface area contributed by atoms with Gasteiger partial charge in [0.1, 0.15) is 12.1 Å². The van der Waals surface area contributed by atoms with Crippen molar-refractivity contribution in [1.82, 2.24) is 14.9 Å². The van der Waals surface area contributed by atoms with E-state index in [9.17, 15) is 4.79 Å². The number of rotatable bonds is 5. The lowest BCUT2D eigenvalue weighted by atomic mass is 9.93. The van der Waals surface area contributed by atoms with E-state index in [4.69, 9.17) is 4.74 Å². The molecule has 1 amide bonds. The Morgan fingerprint density at radius 1 is 1.16 bits per heavy atom. The first-order valence-corrected chi connectivity index (χ1v) is 9.72. The van der Waals surface area contributed by atoms with Crippen molar-refractivity contribution in [2.75, 3.05) is 44.3 Å². The van der Waals surface area contributed by atoms with Crippen molar-refractivity contribution in [1.29, 1.82) is 0 Å². The maximum absolute atomic E-state index is 11.7. The summed E-state index contributed by atoms with van der Waals surface area (Å²) in [7, 11) is 0. The molecule has 3 fully saturated rings. The quantitative estimate of drug-likeness (QED) is 0.820. The second-order valence-corrected chi connectivity index (χ2v) is 7.57. The number of aromatic nitrogens is 2. The highest BCUT2D eigenvalue weighted by Gasteiger charge is 2.25. The van der Waals surface area contributed by atoms with Crippen molar-refractivity contribution in [2.24, 2.45) is 5.92 Å². The number of nitrogens with zero attached hydrogens (tertiary/aromatic N) is 4. The minimum absolute atomic E-state index is 0.349. The lowest BCUT2D eigenvalue weighted by molar-refractivity contribution is -0.127. The monoisotopic (exact) mass is 344 g/mol. The zero-order chi connectivity index (χ0) is 17.1. The average Bonchev–Trinajstić information content (AvgIpc) is 3.32. The van der Waals surface area contributed by atoms with E-state index in [1.165, 1.54) is 12.8 Å². The predicted octanol–water partition coefficient (Wildman–Crippen LogP) is 2.21. The van der Waals surface area contributed by atoms with Crippen LogP contribution in [0.3, 0.4) is 0 Å². The molecule has 4 rings (SSSR count). The van der Waals surface area contributed by atoms with Gasteiger partial charge in [0, 0.05) is 51.2 Å². The SMILES string of the molecule is O=C1CCCN1CCC1CCN(c2cc([C@@H]3CCOC3)ncn2)CC1. The van der Waals surface area contributed by atoms with E-state index < -0.39 is 0 Å². The van der Waals surface area contributed by atoms with Crippen LogP contribution < -0.4 is 4.90 Å². The summed E-state index contributed by atoms with van der Waals surface area (Å²) in [5, 5.41) is 0. The third-order valence-electron chi connectivity index (χ3n) is 5.94. The van der Waals surface area contributed by atoms with Crippen LogP contribution in [0.15, 0.2) is 12.4 Å². The number of piperidine rings is 1. The topological polar surface area (TPSA) is 58.6 Å². The van der Waals surface area contributed by atoms with E-state index in [1.54, 1.807) is 6.33 Å². The molecule has 1 aromatic rings. The summed E-state index contributed by atoms with van der Waals surface area (Å²) < 4.78 is 5.49. The molecule has 3 aliphatic rings. The summed E-state index contributed by atoms with van der Waals surface area (Å²) in [6.45, 7) is 5.64. The first-order valence-electron chi connectivity index (χ1n) is 9.72. The number of anilines is 1. The van der Waals surface area contributed by atoms with Gasteiger partial charge in [-0.3, -0.25) is 4.79 Å². The summed E-state index contributed by atoms with van der Waals surface area (Å²) in [6, 6.07) is 2.16. The van der Waals surface area contributed by atoms with E-state index >= 15 is 0 Å². The molecule has 6 nitrogen and oxygen atoms in total. The van der Waals surface area contributed by atoms with Crippen LogP contribution in [-0.4, -0.2) is 60.2 Å². The van der Waals surface area contributed by atoms with Crippen LogP contribution in [0.1, 0.15) is 50.1 Å². The normalized spacial score (nSPS) is 25.1. The third kappa shape index (κ3) is 3.94. The highest BCUT2D eigenvalue weighted by molar-refractivity contribution is 5.77. The first kappa shape index (κ1) is 16.8. The molecule has 0 bridgehead atoms. The Morgan fingerprint density at radius 2 is 2.04 bits per heavy atom. The fourth-order valence-corrected chi connectivity index (χ4v) is 4.26. The minimum Gasteiger partial charge on any atom is -0.381 e. The zero-order valence-corrected chi connectivity index (χ0v) is 14.9. The Balaban J connectivity index is 1.28. The van der Waals surface area contributed by atoms with E-state index in [0.717, 1.165) is 82.5 Å². The van der Waals surface area contributed by atoms with Gasteiger partial charge >= 0.3 is 0 Å². The second kappa shape index (κ2) is 7.68. The number of carbonyl (C=O) groups excluding carboxylic acids is 1. The summed E-state index contributed by atoms with van der Waals surface area (Å²) in [5.41, 5.74) is 1.12. The lowest BCUT2D eigenvalue weighted by Crippen LogP contribution is -2.36. The van der Waals surface area contributed by atoms with Gasteiger partial charge < -0.3 is 14.5 Å². The van der Waals surface area contributed by atoms with Gasteiger partial charge in [-0.1, -0.05) is 0 Å². The molecular weight excluding hydrogens is 316 g/mol.